The van der Waals surface area contributed by atoms with E-state index in [9.17, 15) is 70.1 Å². The largest absolute Gasteiger partial charge is 0.466 e. The summed E-state index contributed by atoms with van der Waals surface area (Å²) in [7, 11) is -22.6. The standard InChI is InChI=1S/C14H29N2O5P.C14H22NO4P.C8H10ClO2P.C8H11O3P.C7H16NO4P.C7H15NO2.C6H14NO4P.C5H11NO2.C4H7N2O2P.CH5O3P/c1-6-8-9-21-14(18)12(4)16-22(5,19)15-10-11(3)13(17)20-7-2;1-4-18-14(16)12(2)10-15-20(3,17)19-11-13-8-6-5-7-9-13;2*1-12(9,10)11-7-8-5-3-2-4-6-8;1-4-12-7(9)6(2)5-8-13(3,10)11;1-3-4-5-10-7(9)6(2)8;1-4-11-6(8)5(2)7-12(3,9)10;1-3-8-5(7)4(2)6;1-9(7,8)6-3-2-5-4-6;1-5(2,3)4/h11-12H,6-10H2,1-5H3,(H2,15,16,19);5-9,12H,4,10-11H2,1-3H3,(H,15,17);2-6H,7H2,1H3;2-6H,7H2,1H3,(H,9,10);6H,4-5H2,1-3H3,(H2,8,10,11);6H,3-5,8H2,1-2H3;5H,4H2,1-3H3,(H2,7,9,10);4H,3,6H2,1-2H3;2-4H,1H3,(H,7,8);1H3,(H2,2,3,4). The summed E-state index contributed by atoms with van der Waals surface area (Å²) in [5.41, 5.74) is 13.2. The molecule has 0 spiro atoms. The minimum absolute atomic E-state index is 0.156. The highest BCUT2D eigenvalue weighted by atomic mass is 35.7. The van der Waals surface area contributed by atoms with Crippen molar-refractivity contribution in [2.45, 2.75) is 167 Å². The fraction of sp³-hybridized carbons (Fsp3) is 0.622. The molecule has 14 unspecified atom stereocenters. The van der Waals surface area contributed by atoms with Crippen LogP contribution in [-0.4, -0.2) is 224 Å². The number of nitrogens with zero attached hydrogens (tertiary/aromatic N) is 2. The van der Waals surface area contributed by atoms with Gasteiger partial charge in [-0.05, 0) is 103 Å². The molecule has 4 aromatic rings. The minimum Gasteiger partial charge on any atom is -0.466 e. The summed E-state index contributed by atoms with van der Waals surface area (Å²) in [4.78, 5) is 132. The topological polar surface area (TPSA) is 600 Å². The van der Waals surface area contributed by atoms with Crippen LogP contribution in [0, 0.1) is 17.8 Å². The fourth-order valence-electron chi connectivity index (χ4n) is 7.16. The number of benzene rings is 3. The van der Waals surface area contributed by atoms with Gasteiger partial charge in [-0.25, -0.2) is 25.3 Å². The van der Waals surface area contributed by atoms with Gasteiger partial charge >= 0.3 is 57.0 Å². The lowest BCUT2D eigenvalue weighted by Gasteiger charge is -2.21. The molecule has 0 aliphatic heterocycles. The molecule has 714 valence electrons. The van der Waals surface area contributed by atoms with E-state index in [-0.39, 0.29) is 75.2 Å². The highest BCUT2D eigenvalue weighted by Crippen LogP contribution is 2.49. The van der Waals surface area contributed by atoms with Crippen molar-refractivity contribution in [3.63, 3.8) is 0 Å². The summed E-state index contributed by atoms with van der Waals surface area (Å²) in [5, 5.41) is 12.9. The fourth-order valence-corrected chi connectivity index (χ4v) is 12.7. The number of nitrogens with one attached hydrogen (secondary N) is 5. The second-order valence-corrected chi connectivity index (χ2v) is 44.9. The zero-order valence-electron chi connectivity index (χ0n) is 74.8. The zero-order valence-corrected chi connectivity index (χ0v) is 82.8. The summed E-state index contributed by atoms with van der Waals surface area (Å²) in [6, 6.07) is 25.9. The predicted molar refractivity (Wildman–Crippen MR) is 478 cm³/mol. The molecule has 0 saturated heterocycles. The Morgan fingerprint density at radius 1 is 0.423 bits per heavy atom. The van der Waals surface area contributed by atoms with E-state index in [2.05, 4.69) is 39.9 Å². The number of esters is 7. The molecule has 0 fully saturated rings. The van der Waals surface area contributed by atoms with Crippen LogP contribution >= 0.6 is 70.7 Å². The number of hydrogen-bond donors (Lipinski definition) is 13. The van der Waals surface area contributed by atoms with Crippen molar-refractivity contribution in [2.24, 2.45) is 29.2 Å². The minimum atomic E-state index is -3.64. The molecule has 40 nitrogen and oxygen atoms in total. The Morgan fingerprint density at radius 3 is 1.02 bits per heavy atom. The molecule has 49 heteroatoms. The molecule has 0 amide bonds. The molecule has 15 N–H and O–H groups in total. The Morgan fingerprint density at radius 2 is 0.732 bits per heavy atom. The van der Waals surface area contributed by atoms with E-state index in [1.807, 2.05) is 105 Å². The Labute approximate surface area is 731 Å². The Hall–Kier alpha value is -5.35. The van der Waals surface area contributed by atoms with E-state index in [1.54, 1.807) is 76.2 Å². The number of aromatic nitrogens is 2. The van der Waals surface area contributed by atoms with Gasteiger partial charge in [-0.2, -0.15) is 0 Å². The average Bonchev–Trinajstić information content (AvgIpc) is 1.70. The second kappa shape index (κ2) is 71.6. The van der Waals surface area contributed by atoms with Crippen LogP contribution in [0.2, 0.25) is 0 Å². The van der Waals surface area contributed by atoms with Crippen LogP contribution in [0.15, 0.2) is 110 Å². The maximum atomic E-state index is 12.4. The number of halogens is 1. The maximum absolute atomic E-state index is 12.4. The first-order chi connectivity index (χ1) is 56.5. The number of carbonyl (C=O) groups excluding carboxylic acids is 7. The summed E-state index contributed by atoms with van der Waals surface area (Å²) in [6.45, 7) is 35.0. The van der Waals surface area contributed by atoms with E-state index in [1.165, 1.54) is 70.0 Å². The molecular formula is C74H140ClN9O31P8. The van der Waals surface area contributed by atoms with Crippen LogP contribution in [0.25, 0.3) is 0 Å². The first kappa shape index (κ1) is 128. The van der Waals surface area contributed by atoms with Crippen LogP contribution in [0.3, 0.4) is 0 Å². The average molecular weight is 1940 g/mol. The molecule has 0 bridgehead atoms. The van der Waals surface area contributed by atoms with E-state index < -0.39 is 107 Å². The molecule has 0 radical (unpaired) electrons. The van der Waals surface area contributed by atoms with E-state index in [4.69, 9.17) is 89.3 Å². The van der Waals surface area contributed by atoms with Gasteiger partial charge in [0.2, 0.25) is 7.44 Å². The van der Waals surface area contributed by atoms with Crippen LogP contribution in [-0.2, 0) is 137 Å². The Bertz CT molecular complexity index is 3820. The van der Waals surface area contributed by atoms with Gasteiger partial charge in [-0.1, -0.05) is 138 Å². The SMILES string of the molecule is CCCCOC(=O)C(C)N.CCCCOC(=O)C(C)NP(C)(=O)NCC(C)C(=O)OCC.CCOC(=O)C(C)CNP(C)(=O)O.CCOC(=O)C(C)CNP(C)(=O)OCc1ccccc1.CCOC(=O)C(C)N.CCOC(=O)C(C)NP(C)(=O)O.CP(=O)(Cl)OCc1ccccc1.CP(=O)(O)O.CP(=O)(O)OCc1ccccc1.CP(=O)(O)n1ccnc1. The number of carbonyl (C=O) groups is 7. The second-order valence-electron chi connectivity index (χ2n) is 26.8. The lowest BCUT2D eigenvalue weighted by molar-refractivity contribution is -0.148. The van der Waals surface area contributed by atoms with Gasteiger partial charge in [-0.15, -0.1) is 0 Å². The zero-order chi connectivity index (χ0) is 96.5. The molecule has 0 aliphatic carbocycles. The van der Waals surface area contributed by atoms with Gasteiger partial charge < -0.3 is 87.6 Å². The predicted octanol–water partition coefficient (Wildman–Crippen LogP) is 11.9. The molecular weight excluding hydrogens is 1790 g/mol. The normalized spacial score (nSPS) is 15.7. The summed E-state index contributed by atoms with van der Waals surface area (Å²) in [6.07, 6.45) is 7.94. The number of nitrogens with two attached hydrogens (primary N) is 2. The van der Waals surface area contributed by atoms with E-state index in [0.29, 0.717) is 46.2 Å². The monoisotopic (exact) mass is 1930 g/mol. The number of hydrogen-bond acceptors (Lipinski definition) is 28. The molecule has 0 aliphatic rings. The van der Waals surface area contributed by atoms with E-state index >= 15 is 0 Å². The van der Waals surface area contributed by atoms with Crippen molar-refractivity contribution in [3.8, 4) is 0 Å². The van der Waals surface area contributed by atoms with Gasteiger partial charge in [0.15, 0.2) is 0 Å². The van der Waals surface area contributed by atoms with Gasteiger partial charge in [0.1, 0.15) is 30.5 Å². The summed E-state index contributed by atoms with van der Waals surface area (Å²) in [5.74, 6) is -3.79. The number of rotatable bonds is 41. The highest BCUT2D eigenvalue weighted by Gasteiger charge is 2.27. The number of imidazole rings is 1. The van der Waals surface area contributed by atoms with Gasteiger partial charge in [0, 0.05) is 85.3 Å². The van der Waals surface area contributed by atoms with Gasteiger partial charge in [0.25, 0.3) is 36.8 Å². The van der Waals surface area contributed by atoms with Crippen LogP contribution < -0.4 is 36.9 Å². The maximum Gasteiger partial charge on any atom is 0.325 e. The lowest BCUT2D eigenvalue weighted by atomic mass is 10.2. The highest BCUT2D eigenvalue weighted by molar-refractivity contribution is 7.84. The molecule has 1 heterocycles. The van der Waals surface area contributed by atoms with Crippen molar-refractivity contribution in [1.29, 1.82) is 0 Å². The molecule has 14 atom stereocenters. The first-order valence-corrected chi connectivity index (χ1v) is 56.3. The summed E-state index contributed by atoms with van der Waals surface area (Å²) >= 11 is 5.42. The van der Waals surface area contributed by atoms with Crippen molar-refractivity contribution in [1.82, 2.24) is 34.8 Å². The third-order valence-electron chi connectivity index (χ3n) is 13.4. The third kappa shape index (κ3) is 89.8. The number of ether oxygens (including phenoxy) is 7. The van der Waals surface area contributed by atoms with E-state index in [0.717, 1.165) is 55.7 Å². The van der Waals surface area contributed by atoms with Crippen molar-refractivity contribution < 1.29 is 146 Å². The summed E-state index contributed by atoms with van der Waals surface area (Å²) < 4.78 is 138. The smallest absolute Gasteiger partial charge is 0.325 e. The Kier molecular flexibility index (Phi) is 74.7. The number of unbranched alkanes of at least 4 members (excludes halogenated alkanes) is 2. The van der Waals surface area contributed by atoms with Crippen molar-refractivity contribution in [2.75, 3.05) is 119 Å². The molecule has 1 aromatic heterocycles. The molecule has 3 aromatic carbocycles. The van der Waals surface area contributed by atoms with Crippen LogP contribution in [0.5, 0.6) is 0 Å². The van der Waals surface area contributed by atoms with Crippen molar-refractivity contribution >= 4 is 112 Å². The van der Waals surface area contributed by atoms with Crippen LogP contribution in [0.4, 0.5) is 0 Å². The quantitative estimate of drug-likeness (QED) is 0.00849. The molecule has 123 heavy (non-hydrogen) atoms. The molecule has 4 rings (SSSR count). The molecule has 0 saturated carbocycles. The van der Waals surface area contributed by atoms with Gasteiger partial charge in [-0.3, -0.25) is 79.5 Å². The van der Waals surface area contributed by atoms with Gasteiger partial charge in [0.05, 0.1) is 83.8 Å². The van der Waals surface area contributed by atoms with Crippen molar-refractivity contribution in [3.05, 3.63) is 126 Å². The third-order valence-corrected chi connectivity index (χ3v) is 20.6. The van der Waals surface area contributed by atoms with Crippen LogP contribution in [0.1, 0.15) is 139 Å². The lowest BCUT2D eigenvalue weighted by Crippen LogP contribution is -2.38. The Balaban J connectivity index is -0.000000316. The first-order valence-electron chi connectivity index (χ1n) is 38.7.